The highest BCUT2D eigenvalue weighted by atomic mass is 16.3. The molecule has 0 spiro atoms. The molecule has 3 N–H and O–H groups in total. The van der Waals surface area contributed by atoms with Crippen LogP contribution in [0.2, 0.25) is 0 Å². The summed E-state index contributed by atoms with van der Waals surface area (Å²) in [6.07, 6.45) is 0.855. The number of furan rings is 1. The quantitative estimate of drug-likeness (QED) is 0.714. The molecule has 0 aliphatic heterocycles. The van der Waals surface area contributed by atoms with E-state index in [2.05, 4.69) is 26.8 Å². The molecule has 3 aromatic rings. The third-order valence-electron chi connectivity index (χ3n) is 3.64. The van der Waals surface area contributed by atoms with E-state index in [1.165, 1.54) is 0 Å². The minimum Gasteiger partial charge on any atom is -0.461 e. The van der Waals surface area contributed by atoms with Crippen LogP contribution in [-0.2, 0) is 6.54 Å². The largest absolute Gasteiger partial charge is 0.461 e. The molecule has 3 heterocycles. The van der Waals surface area contributed by atoms with Gasteiger partial charge in [0.2, 0.25) is 5.82 Å². The lowest BCUT2D eigenvalue weighted by Gasteiger charge is -2.05. The first-order valence-electron chi connectivity index (χ1n) is 7.78. The van der Waals surface area contributed by atoms with Crippen molar-refractivity contribution in [2.24, 2.45) is 5.92 Å². The van der Waals surface area contributed by atoms with Crippen molar-refractivity contribution in [3.8, 4) is 23.4 Å². The summed E-state index contributed by atoms with van der Waals surface area (Å²) in [6, 6.07) is 3.63. The Kier molecular flexibility index (Phi) is 4.23. The molecule has 24 heavy (non-hydrogen) atoms. The van der Waals surface area contributed by atoms with Gasteiger partial charge in [-0.1, -0.05) is 19.8 Å². The monoisotopic (exact) mass is 325 g/mol. The molecular formula is C17H19N5O2. The first-order valence-corrected chi connectivity index (χ1v) is 7.78. The smallest absolute Gasteiger partial charge is 0.209 e. The normalized spacial score (nSPS) is 12.4. The zero-order valence-electron chi connectivity index (χ0n) is 13.8. The van der Waals surface area contributed by atoms with Crippen molar-refractivity contribution in [3.63, 3.8) is 0 Å². The standard InChI is InChI=1S/C17H19N5O2/c1-4-22-16(12-6-5-9-24-12)21-14-15(18)19-13(20-17(14)22)8-7-11(23)10(2)3/h5-6,9-11,23H,4H2,1-3H3,(H2,18,19,20). The molecule has 0 aromatic carbocycles. The average molecular weight is 325 g/mol. The Morgan fingerprint density at radius 1 is 1.33 bits per heavy atom. The number of aryl methyl sites for hydroxylation is 1. The number of imidazole rings is 1. The van der Waals surface area contributed by atoms with Crippen LogP contribution in [0.1, 0.15) is 26.6 Å². The van der Waals surface area contributed by atoms with Gasteiger partial charge in [-0.2, -0.15) is 0 Å². The molecule has 0 fully saturated rings. The maximum Gasteiger partial charge on any atom is 0.209 e. The van der Waals surface area contributed by atoms with E-state index in [0.717, 1.165) is 0 Å². The lowest BCUT2D eigenvalue weighted by atomic mass is 10.1. The van der Waals surface area contributed by atoms with Gasteiger partial charge in [0.15, 0.2) is 28.6 Å². The van der Waals surface area contributed by atoms with E-state index in [1.807, 2.05) is 31.4 Å². The predicted octanol–water partition coefficient (Wildman–Crippen LogP) is 2.06. The summed E-state index contributed by atoms with van der Waals surface area (Å²) in [5, 5.41) is 9.81. The fourth-order valence-electron chi connectivity index (χ4n) is 2.28. The van der Waals surface area contributed by atoms with E-state index in [4.69, 9.17) is 10.2 Å². The van der Waals surface area contributed by atoms with Crippen molar-refractivity contribution >= 4 is 17.0 Å². The second-order valence-corrected chi connectivity index (χ2v) is 5.72. The van der Waals surface area contributed by atoms with E-state index in [1.54, 1.807) is 12.3 Å². The number of anilines is 1. The van der Waals surface area contributed by atoms with Gasteiger partial charge in [-0.25, -0.2) is 15.0 Å². The van der Waals surface area contributed by atoms with Crippen LogP contribution in [0.5, 0.6) is 0 Å². The van der Waals surface area contributed by atoms with Crippen LogP contribution in [0.15, 0.2) is 22.8 Å². The van der Waals surface area contributed by atoms with Crippen LogP contribution >= 0.6 is 0 Å². The number of rotatable bonds is 3. The van der Waals surface area contributed by atoms with Gasteiger partial charge in [0.25, 0.3) is 0 Å². The second-order valence-electron chi connectivity index (χ2n) is 5.72. The summed E-state index contributed by atoms with van der Waals surface area (Å²) in [5.74, 6) is 7.36. The van der Waals surface area contributed by atoms with Crippen molar-refractivity contribution in [2.45, 2.75) is 33.4 Å². The first kappa shape index (κ1) is 16.0. The van der Waals surface area contributed by atoms with Gasteiger partial charge in [-0.3, -0.25) is 0 Å². The van der Waals surface area contributed by atoms with Crippen LogP contribution in [-0.4, -0.2) is 30.7 Å². The van der Waals surface area contributed by atoms with Crippen molar-refractivity contribution in [1.82, 2.24) is 19.5 Å². The number of hydrogen-bond acceptors (Lipinski definition) is 6. The Morgan fingerprint density at radius 2 is 2.12 bits per heavy atom. The molecule has 3 aromatic heterocycles. The summed E-state index contributed by atoms with van der Waals surface area (Å²) >= 11 is 0. The first-order chi connectivity index (χ1) is 11.5. The highest BCUT2D eigenvalue weighted by Crippen LogP contribution is 2.26. The third kappa shape index (κ3) is 2.84. The Balaban J connectivity index is 2.13. The molecule has 3 rings (SSSR count). The van der Waals surface area contributed by atoms with Crippen molar-refractivity contribution in [3.05, 3.63) is 24.2 Å². The number of nitrogens with zero attached hydrogens (tertiary/aromatic N) is 4. The van der Waals surface area contributed by atoms with E-state index >= 15 is 0 Å². The maximum absolute atomic E-state index is 9.81. The Morgan fingerprint density at radius 3 is 2.75 bits per heavy atom. The molecule has 7 heteroatoms. The van der Waals surface area contributed by atoms with Gasteiger partial charge in [0, 0.05) is 6.54 Å². The molecule has 0 bridgehead atoms. The zero-order chi connectivity index (χ0) is 17.3. The number of aliphatic hydroxyl groups excluding tert-OH is 1. The van der Waals surface area contributed by atoms with Crippen molar-refractivity contribution in [2.75, 3.05) is 5.73 Å². The van der Waals surface area contributed by atoms with Crippen molar-refractivity contribution in [1.29, 1.82) is 0 Å². The molecule has 0 aliphatic rings. The minimum atomic E-state index is -0.736. The molecule has 0 aliphatic carbocycles. The molecular weight excluding hydrogens is 306 g/mol. The van der Waals surface area contributed by atoms with E-state index < -0.39 is 6.10 Å². The third-order valence-corrected chi connectivity index (χ3v) is 3.64. The van der Waals surface area contributed by atoms with Gasteiger partial charge in [-0.05, 0) is 30.9 Å². The fourth-order valence-corrected chi connectivity index (χ4v) is 2.28. The van der Waals surface area contributed by atoms with E-state index in [-0.39, 0.29) is 17.6 Å². The molecule has 0 saturated heterocycles. The van der Waals surface area contributed by atoms with Gasteiger partial charge in [-0.15, -0.1) is 0 Å². The lowest BCUT2D eigenvalue weighted by Crippen LogP contribution is -2.11. The van der Waals surface area contributed by atoms with Crippen LogP contribution in [0.4, 0.5) is 5.82 Å². The fraction of sp³-hybridized carbons (Fsp3) is 0.353. The summed E-state index contributed by atoms with van der Waals surface area (Å²) in [6.45, 7) is 6.41. The maximum atomic E-state index is 9.81. The summed E-state index contributed by atoms with van der Waals surface area (Å²) in [7, 11) is 0. The second kappa shape index (κ2) is 6.34. The number of hydrogen-bond donors (Lipinski definition) is 2. The Bertz CT molecular complexity index is 916. The van der Waals surface area contributed by atoms with Crippen LogP contribution < -0.4 is 5.73 Å². The molecule has 124 valence electrons. The van der Waals surface area contributed by atoms with Gasteiger partial charge >= 0.3 is 0 Å². The molecule has 1 atom stereocenters. The van der Waals surface area contributed by atoms with Crippen LogP contribution in [0.3, 0.4) is 0 Å². The number of aromatic nitrogens is 4. The average Bonchev–Trinajstić information content (AvgIpc) is 3.19. The highest BCUT2D eigenvalue weighted by Gasteiger charge is 2.18. The summed E-state index contributed by atoms with van der Waals surface area (Å²) < 4.78 is 7.33. The lowest BCUT2D eigenvalue weighted by molar-refractivity contribution is 0.181. The van der Waals surface area contributed by atoms with Gasteiger partial charge < -0.3 is 19.8 Å². The number of nitrogen functional groups attached to an aromatic ring is 1. The highest BCUT2D eigenvalue weighted by molar-refractivity contribution is 5.85. The molecule has 0 amide bonds. The van der Waals surface area contributed by atoms with E-state index in [0.29, 0.717) is 29.3 Å². The van der Waals surface area contributed by atoms with Gasteiger partial charge in [0.05, 0.1) is 6.26 Å². The molecule has 0 radical (unpaired) electrons. The molecule has 0 saturated carbocycles. The van der Waals surface area contributed by atoms with Crippen molar-refractivity contribution < 1.29 is 9.52 Å². The number of nitrogens with two attached hydrogens (primary N) is 1. The van der Waals surface area contributed by atoms with Crippen LogP contribution in [0.25, 0.3) is 22.7 Å². The zero-order valence-corrected chi connectivity index (χ0v) is 13.8. The minimum absolute atomic E-state index is 0.0327. The van der Waals surface area contributed by atoms with E-state index in [9.17, 15) is 5.11 Å². The SMILES string of the molecule is CCn1c(-c2ccco2)nc2c(N)nc(C#CC(O)C(C)C)nc21. The predicted molar refractivity (Wildman–Crippen MR) is 90.8 cm³/mol. The Labute approximate surface area is 139 Å². The molecule has 7 nitrogen and oxygen atoms in total. The summed E-state index contributed by atoms with van der Waals surface area (Å²) in [5.41, 5.74) is 7.13. The molecule has 1 unspecified atom stereocenters. The number of fused-ring (bicyclic) bond motifs is 1. The summed E-state index contributed by atoms with van der Waals surface area (Å²) in [4.78, 5) is 13.1. The van der Waals surface area contributed by atoms with Gasteiger partial charge in [0.1, 0.15) is 6.10 Å². The Hall–Kier alpha value is -2.85. The topological polar surface area (TPSA) is 103 Å². The number of aliphatic hydroxyl groups is 1. The van der Waals surface area contributed by atoms with Crippen LogP contribution in [0, 0.1) is 17.8 Å².